The van der Waals surface area contributed by atoms with Crippen LogP contribution in [-0.4, -0.2) is 0 Å². The van der Waals surface area contributed by atoms with E-state index in [9.17, 15) is 0 Å². The molecule has 0 amide bonds. The molecule has 0 spiro atoms. The van der Waals surface area contributed by atoms with Crippen LogP contribution in [0, 0.1) is 52.8 Å². The molecule has 0 heteroatoms. The lowest BCUT2D eigenvalue weighted by Gasteiger charge is -2.54. The van der Waals surface area contributed by atoms with Crippen LogP contribution < -0.4 is 0 Å². The van der Waals surface area contributed by atoms with Gasteiger partial charge < -0.3 is 0 Å². The number of rotatable bonds is 5. The molecule has 158 valence electrons. The highest BCUT2D eigenvalue weighted by molar-refractivity contribution is 5.38. The summed E-state index contributed by atoms with van der Waals surface area (Å²) in [5.41, 5.74) is 4.17. The Labute approximate surface area is 175 Å². The van der Waals surface area contributed by atoms with Crippen molar-refractivity contribution >= 4 is 0 Å². The molecule has 0 heterocycles. The first-order valence-electron chi connectivity index (χ1n) is 12.7. The van der Waals surface area contributed by atoms with E-state index in [2.05, 4.69) is 53.7 Å². The molecule has 0 nitrogen and oxygen atoms in total. The van der Waals surface area contributed by atoms with Gasteiger partial charge in [-0.05, 0) is 91.3 Å². The van der Waals surface area contributed by atoms with Crippen molar-refractivity contribution in [2.75, 3.05) is 0 Å². The Kier molecular flexibility index (Phi) is 5.89. The number of hydrogen-bond acceptors (Lipinski definition) is 0. The second kappa shape index (κ2) is 7.96. The first-order valence-corrected chi connectivity index (χ1v) is 12.7. The largest absolute Gasteiger partial charge is 0.0634 e. The quantitative estimate of drug-likeness (QED) is 0.447. The van der Waals surface area contributed by atoms with Crippen LogP contribution in [0.5, 0.6) is 0 Å². The number of hydrogen-bond donors (Lipinski definition) is 0. The monoisotopic (exact) mass is 382 g/mol. The minimum absolute atomic E-state index is 0.483. The molecular formula is C28H46. The molecule has 8 atom stereocenters. The SMILES string of the molecule is CC(C)CCC[C@@H](C)[C@H]1CC[C@H]2C3=CC=C4C[C@@H](C)CC[C@@]4(C)[C@H]3C[C@@H](C)[C@H]12. The molecule has 0 aromatic rings. The Bertz CT molecular complexity index is 622. The van der Waals surface area contributed by atoms with Crippen LogP contribution >= 0.6 is 0 Å². The van der Waals surface area contributed by atoms with Crippen LogP contribution in [-0.2, 0) is 0 Å². The van der Waals surface area contributed by atoms with Crippen LogP contribution in [0.4, 0.5) is 0 Å². The molecule has 0 aliphatic heterocycles. The molecule has 0 N–H and O–H groups in total. The van der Waals surface area contributed by atoms with Crippen LogP contribution in [0.2, 0.25) is 0 Å². The van der Waals surface area contributed by atoms with Gasteiger partial charge in [-0.15, -0.1) is 0 Å². The van der Waals surface area contributed by atoms with Gasteiger partial charge in [0, 0.05) is 0 Å². The summed E-state index contributed by atoms with van der Waals surface area (Å²) in [5, 5.41) is 0. The molecule has 4 aliphatic rings. The van der Waals surface area contributed by atoms with Gasteiger partial charge in [0.25, 0.3) is 0 Å². The molecule has 3 saturated carbocycles. The fraction of sp³-hybridized carbons (Fsp3) is 0.857. The maximum absolute atomic E-state index is 2.64. The molecule has 0 bridgehead atoms. The Morgan fingerprint density at radius 3 is 2.57 bits per heavy atom. The van der Waals surface area contributed by atoms with Gasteiger partial charge in [-0.25, -0.2) is 0 Å². The third-order valence-corrected chi connectivity index (χ3v) is 9.74. The predicted octanol–water partition coefficient (Wildman–Crippen LogP) is 8.44. The second-order valence-corrected chi connectivity index (χ2v) is 12.1. The zero-order chi connectivity index (χ0) is 20.1. The predicted molar refractivity (Wildman–Crippen MR) is 122 cm³/mol. The molecular weight excluding hydrogens is 336 g/mol. The lowest BCUT2D eigenvalue weighted by molar-refractivity contribution is 0.0705. The van der Waals surface area contributed by atoms with Gasteiger partial charge in [-0.3, -0.25) is 0 Å². The van der Waals surface area contributed by atoms with E-state index in [-0.39, 0.29) is 0 Å². The first-order chi connectivity index (χ1) is 13.3. The Balaban J connectivity index is 1.52. The van der Waals surface area contributed by atoms with Crippen LogP contribution in [0.1, 0.15) is 99.3 Å². The van der Waals surface area contributed by atoms with Gasteiger partial charge in [0.2, 0.25) is 0 Å². The van der Waals surface area contributed by atoms with E-state index in [1.165, 1.54) is 57.8 Å². The first kappa shape index (κ1) is 20.7. The van der Waals surface area contributed by atoms with Crippen molar-refractivity contribution in [3.8, 4) is 0 Å². The molecule has 0 aromatic carbocycles. The van der Waals surface area contributed by atoms with Crippen molar-refractivity contribution < 1.29 is 0 Å². The zero-order valence-electron chi connectivity index (χ0n) is 19.6. The Morgan fingerprint density at radius 1 is 1.04 bits per heavy atom. The van der Waals surface area contributed by atoms with Gasteiger partial charge in [-0.1, -0.05) is 84.1 Å². The molecule has 0 radical (unpaired) electrons. The molecule has 0 unspecified atom stereocenters. The number of allylic oxidation sites excluding steroid dienone is 4. The second-order valence-electron chi connectivity index (χ2n) is 12.1. The summed E-state index contributed by atoms with van der Waals surface area (Å²) in [6.45, 7) is 15.1. The zero-order valence-corrected chi connectivity index (χ0v) is 19.6. The minimum atomic E-state index is 0.483. The summed E-state index contributed by atoms with van der Waals surface area (Å²) >= 11 is 0. The van der Waals surface area contributed by atoms with Gasteiger partial charge >= 0.3 is 0 Å². The highest BCUT2D eigenvalue weighted by Crippen LogP contribution is 2.63. The van der Waals surface area contributed by atoms with Crippen molar-refractivity contribution in [1.82, 2.24) is 0 Å². The van der Waals surface area contributed by atoms with Crippen molar-refractivity contribution in [2.24, 2.45) is 52.8 Å². The van der Waals surface area contributed by atoms with Crippen molar-refractivity contribution in [3.05, 3.63) is 23.3 Å². The highest BCUT2D eigenvalue weighted by atomic mass is 14.6. The topological polar surface area (TPSA) is 0 Å². The highest BCUT2D eigenvalue weighted by Gasteiger charge is 2.53. The van der Waals surface area contributed by atoms with E-state index in [1.54, 1.807) is 5.57 Å². The van der Waals surface area contributed by atoms with E-state index in [1.807, 2.05) is 5.57 Å². The van der Waals surface area contributed by atoms with Crippen LogP contribution in [0.25, 0.3) is 0 Å². The van der Waals surface area contributed by atoms with Gasteiger partial charge in [0.15, 0.2) is 0 Å². The molecule has 28 heavy (non-hydrogen) atoms. The summed E-state index contributed by atoms with van der Waals surface area (Å²) in [4.78, 5) is 0. The van der Waals surface area contributed by atoms with E-state index in [0.717, 1.165) is 47.3 Å². The van der Waals surface area contributed by atoms with Gasteiger partial charge in [-0.2, -0.15) is 0 Å². The van der Waals surface area contributed by atoms with Gasteiger partial charge in [0.05, 0.1) is 0 Å². The summed E-state index contributed by atoms with van der Waals surface area (Å²) < 4.78 is 0. The summed E-state index contributed by atoms with van der Waals surface area (Å²) in [7, 11) is 0. The maximum Gasteiger partial charge on any atom is -0.00473 e. The lowest BCUT2D eigenvalue weighted by Crippen LogP contribution is -2.45. The molecule has 4 aliphatic carbocycles. The average molecular weight is 383 g/mol. The van der Waals surface area contributed by atoms with Crippen molar-refractivity contribution in [3.63, 3.8) is 0 Å². The standard InChI is InChI=1S/C28H46/c1-18(2)8-7-9-20(4)23-12-13-25-24-11-10-22-16-19(3)14-15-28(22,6)26(24)17-21(5)27(23)25/h10-11,18-21,23,25-27H,7-9,12-17H2,1-6H3/t19-,20+,21+,23+,25-,26-,27+,28+/m0/s1. The molecule has 4 rings (SSSR count). The fourth-order valence-electron chi connectivity index (χ4n) is 8.05. The summed E-state index contributed by atoms with van der Waals surface area (Å²) in [5.74, 6) is 7.32. The smallest absolute Gasteiger partial charge is 0.00473 e. The van der Waals surface area contributed by atoms with Crippen molar-refractivity contribution in [1.29, 1.82) is 0 Å². The molecule has 3 fully saturated rings. The summed E-state index contributed by atoms with van der Waals surface area (Å²) in [6.07, 6.45) is 18.2. The minimum Gasteiger partial charge on any atom is -0.0634 e. The van der Waals surface area contributed by atoms with E-state index in [0.29, 0.717) is 5.41 Å². The normalized spacial score (nSPS) is 43.7. The van der Waals surface area contributed by atoms with E-state index in [4.69, 9.17) is 0 Å². The third-order valence-electron chi connectivity index (χ3n) is 9.74. The lowest BCUT2D eigenvalue weighted by atomic mass is 9.51. The maximum atomic E-state index is 2.64. The number of fused-ring (bicyclic) bond motifs is 5. The average Bonchev–Trinajstić information content (AvgIpc) is 3.09. The Morgan fingerprint density at radius 2 is 1.82 bits per heavy atom. The molecule has 0 saturated heterocycles. The van der Waals surface area contributed by atoms with Crippen molar-refractivity contribution in [2.45, 2.75) is 99.3 Å². The van der Waals surface area contributed by atoms with E-state index < -0.39 is 0 Å². The van der Waals surface area contributed by atoms with Crippen LogP contribution in [0.3, 0.4) is 0 Å². The van der Waals surface area contributed by atoms with E-state index >= 15 is 0 Å². The Hall–Kier alpha value is -0.520. The summed E-state index contributed by atoms with van der Waals surface area (Å²) in [6, 6.07) is 0. The molecule has 0 aromatic heterocycles. The fourth-order valence-corrected chi connectivity index (χ4v) is 8.05. The van der Waals surface area contributed by atoms with Crippen LogP contribution in [0.15, 0.2) is 23.3 Å². The third kappa shape index (κ3) is 3.56. The van der Waals surface area contributed by atoms with Gasteiger partial charge in [0.1, 0.15) is 0 Å².